The van der Waals surface area contributed by atoms with Gasteiger partial charge in [-0.2, -0.15) is 0 Å². The largest absolute Gasteiger partial charge is 0.467 e. The van der Waals surface area contributed by atoms with Gasteiger partial charge in [-0.15, -0.1) is 0 Å². The van der Waals surface area contributed by atoms with E-state index in [1.165, 1.54) is 12.8 Å². The number of rotatable bonds is 10. The van der Waals surface area contributed by atoms with Crippen LogP contribution in [0, 0.1) is 0 Å². The summed E-state index contributed by atoms with van der Waals surface area (Å²) in [6.07, 6.45) is 5.42. The Balaban J connectivity index is 1.29. The van der Waals surface area contributed by atoms with E-state index < -0.39 is 6.10 Å². The highest BCUT2D eigenvalue weighted by molar-refractivity contribution is 5.94. The van der Waals surface area contributed by atoms with Crippen molar-refractivity contribution in [3.05, 3.63) is 60.1 Å². The monoisotopic (exact) mass is 442 g/mol. The highest BCUT2D eigenvalue weighted by Gasteiger charge is 2.32. The Morgan fingerprint density at radius 2 is 2.00 bits per heavy atom. The maximum Gasteiger partial charge on any atom is 0.254 e. The lowest BCUT2D eigenvalue weighted by Crippen LogP contribution is -2.52. The van der Waals surface area contributed by atoms with Crippen molar-refractivity contribution in [1.29, 1.82) is 0 Å². The smallest absolute Gasteiger partial charge is 0.254 e. The first-order valence-corrected chi connectivity index (χ1v) is 11.7. The van der Waals surface area contributed by atoms with Crippen LogP contribution in [-0.2, 0) is 16.1 Å². The van der Waals surface area contributed by atoms with Gasteiger partial charge in [-0.05, 0) is 37.1 Å². The fourth-order valence-corrected chi connectivity index (χ4v) is 4.68. The number of amides is 1. The highest BCUT2D eigenvalue weighted by Crippen LogP contribution is 2.26. The summed E-state index contributed by atoms with van der Waals surface area (Å²) in [5.74, 6) is 0.836. The molecule has 0 bridgehead atoms. The minimum absolute atomic E-state index is 0.0618. The van der Waals surface area contributed by atoms with Crippen molar-refractivity contribution in [2.24, 2.45) is 0 Å². The number of carbonyl (C=O) groups is 1. The summed E-state index contributed by atoms with van der Waals surface area (Å²) in [6.45, 7) is 3.77. The summed E-state index contributed by atoms with van der Waals surface area (Å²) in [5, 5.41) is 10.4. The molecule has 0 radical (unpaired) electrons. The van der Waals surface area contributed by atoms with E-state index in [1.807, 2.05) is 47.4 Å². The molecule has 1 aliphatic heterocycles. The molecule has 4 rings (SSSR count). The summed E-state index contributed by atoms with van der Waals surface area (Å²) in [4.78, 5) is 17.5. The number of β-amino-alcohol motifs (C(OH)–C–C–N with tert-alkyl or cyclic N) is 1. The van der Waals surface area contributed by atoms with Gasteiger partial charge in [-0.1, -0.05) is 31.0 Å². The molecule has 7 heteroatoms. The topological polar surface area (TPSA) is 75.4 Å². The maximum atomic E-state index is 13.3. The average Bonchev–Trinajstić information content (AvgIpc) is 3.52. The minimum Gasteiger partial charge on any atom is -0.467 e. The highest BCUT2D eigenvalue weighted by atomic mass is 16.5. The number of aliphatic hydroxyl groups excluding tert-OH is 1. The van der Waals surface area contributed by atoms with Crippen LogP contribution in [0.2, 0.25) is 0 Å². The van der Waals surface area contributed by atoms with Gasteiger partial charge in [0.2, 0.25) is 0 Å². The van der Waals surface area contributed by atoms with Crippen LogP contribution in [0.1, 0.15) is 41.8 Å². The summed E-state index contributed by atoms with van der Waals surface area (Å²) < 4.78 is 16.8. The number of aliphatic hydroxyl groups is 1. The molecule has 2 aliphatic rings. The Labute approximate surface area is 189 Å². The molecule has 1 N–H and O–H groups in total. The van der Waals surface area contributed by atoms with Crippen molar-refractivity contribution in [3.8, 4) is 0 Å². The number of carbonyl (C=O) groups excluding carboxylic acids is 1. The minimum atomic E-state index is -0.583. The van der Waals surface area contributed by atoms with Gasteiger partial charge in [-0.25, -0.2) is 0 Å². The zero-order chi connectivity index (χ0) is 22.2. The fourth-order valence-electron chi connectivity index (χ4n) is 4.68. The third-order valence-corrected chi connectivity index (χ3v) is 6.27. The molecule has 174 valence electrons. The number of furan rings is 1. The zero-order valence-electron chi connectivity index (χ0n) is 18.6. The summed E-state index contributed by atoms with van der Waals surface area (Å²) >= 11 is 0. The number of nitrogens with zero attached hydrogens (tertiary/aromatic N) is 2. The van der Waals surface area contributed by atoms with E-state index in [2.05, 4.69) is 4.90 Å². The standard InChI is InChI=1S/C25H34N2O5/c28-22(18-30-19-23-11-6-13-31-23)15-26-12-14-32-24(16-26)17-27(21-9-4-5-10-21)25(29)20-7-2-1-3-8-20/h1-3,6-8,11,13,21-22,24,28H,4-5,9-10,12,14-19H2. The van der Waals surface area contributed by atoms with Crippen molar-refractivity contribution in [1.82, 2.24) is 9.80 Å². The first-order valence-electron chi connectivity index (χ1n) is 11.7. The molecule has 1 saturated carbocycles. The second kappa shape index (κ2) is 11.6. The van der Waals surface area contributed by atoms with Crippen LogP contribution in [0.15, 0.2) is 53.1 Å². The number of benzene rings is 1. The van der Waals surface area contributed by atoms with Crippen LogP contribution in [0.4, 0.5) is 0 Å². The molecule has 2 fully saturated rings. The molecule has 1 saturated heterocycles. The summed E-state index contributed by atoms with van der Waals surface area (Å²) in [5.41, 5.74) is 0.733. The van der Waals surface area contributed by atoms with Gasteiger partial charge in [0.15, 0.2) is 0 Å². The molecule has 0 spiro atoms. The second-order valence-corrected chi connectivity index (χ2v) is 8.76. The van der Waals surface area contributed by atoms with Crippen LogP contribution in [0.25, 0.3) is 0 Å². The molecule has 32 heavy (non-hydrogen) atoms. The predicted octanol–water partition coefficient (Wildman–Crippen LogP) is 2.94. The van der Waals surface area contributed by atoms with Gasteiger partial charge in [0.25, 0.3) is 5.91 Å². The summed E-state index contributed by atoms with van der Waals surface area (Å²) in [7, 11) is 0. The lowest BCUT2D eigenvalue weighted by atomic mass is 10.1. The molecule has 2 unspecified atom stereocenters. The van der Waals surface area contributed by atoms with Gasteiger partial charge in [0.1, 0.15) is 12.4 Å². The predicted molar refractivity (Wildman–Crippen MR) is 120 cm³/mol. The molecule has 1 amide bonds. The Morgan fingerprint density at radius 1 is 1.19 bits per heavy atom. The lowest BCUT2D eigenvalue weighted by molar-refractivity contribution is -0.0628. The lowest BCUT2D eigenvalue weighted by Gasteiger charge is -2.38. The van der Waals surface area contributed by atoms with Gasteiger partial charge >= 0.3 is 0 Å². The van der Waals surface area contributed by atoms with Crippen molar-refractivity contribution in [2.75, 3.05) is 39.4 Å². The SMILES string of the molecule is O=C(c1ccccc1)N(CC1CN(CC(O)COCc2ccco2)CCO1)C1CCCC1. The molecule has 2 atom stereocenters. The van der Waals surface area contributed by atoms with Crippen LogP contribution in [0.5, 0.6) is 0 Å². The van der Waals surface area contributed by atoms with Crippen molar-refractivity contribution < 1.29 is 23.8 Å². The van der Waals surface area contributed by atoms with Crippen molar-refractivity contribution >= 4 is 5.91 Å². The van der Waals surface area contributed by atoms with Crippen molar-refractivity contribution in [3.63, 3.8) is 0 Å². The third-order valence-electron chi connectivity index (χ3n) is 6.27. The van der Waals surface area contributed by atoms with E-state index in [1.54, 1.807) is 6.26 Å². The fraction of sp³-hybridized carbons (Fsp3) is 0.560. The van der Waals surface area contributed by atoms with E-state index in [-0.39, 0.29) is 24.7 Å². The quantitative estimate of drug-likeness (QED) is 0.610. The van der Waals surface area contributed by atoms with E-state index in [0.717, 1.165) is 30.7 Å². The van der Waals surface area contributed by atoms with E-state index in [0.29, 0.717) is 32.8 Å². The van der Waals surface area contributed by atoms with Gasteiger partial charge in [-0.3, -0.25) is 9.69 Å². The molecular formula is C25H34N2O5. The van der Waals surface area contributed by atoms with Crippen LogP contribution < -0.4 is 0 Å². The maximum absolute atomic E-state index is 13.3. The van der Waals surface area contributed by atoms with Gasteiger partial charge < -0.3 is 23.9 Å². The molecule has 1 aromatic carbocycles. The number of morpholine rings is 1. The second-order valence-electron chi connectivity index (χ2n) is 8.76. The molecule has 2 heterocycles. The Bertz CT molecular complexity index is 807. The summed E-state index contributed by atoms with van der Waals surface area (Å²) in [6, 6.07) is 13.5. The Morgan fingerprint density at radius 3 is 2.75 bits per heavy atom. The Kier molecular flexibility index (Phi) is 8.34. The average molecular weight is 443 g/mol. The van der Waals surface area contributed by atoms with E-state index in [9.17, 15) is 9.90 Å². The van der Waals surface area contributed by atoms with Crippen LogP contribution in [0.3, 0.4) is 0 Å². The Hall–Kier alpha value is -2.19. The van der Waals surface area contributed by atoms with Crippen LogP contribution >= 0.6 is 0 Å². The van der Waals surface area contributed by atoms with E-state index in [4.69, 9.17) is 13.9 Å². The molecule has 7 nitrogen and oxygen atoms in total. The third kappa shape index (κ3) is 6.42. The number of hydrogen-bond acceptors (Lipinski definition) is 6. The van der Waals surface area contributed by atoms with E-state index >= 15 is 0 Å². The normalized spacial score (nSPS) is 21.0. The van der Waals surface area contributed by atoms with Gasteiger partial charge in [0.05, 0.1) is 31.7 Å². The molecule has 2 aromatic rings. The van der Waals surface area contributed by atoms with Crippen LogP contribution in [-0.4, -0.2) is 78.5 Å². The first kappa shape index (κ1) is 23.0. The number of ether oxygens (including phenoxy) is 2. The molecule has 1 aromatic heterocycles. The molecule has 1 aliphatic carbocycles. The number of hydrogen-bond donors (Lipinski definition) is 1. The van der Waals surface area contributed by atoms with Gasteiger partial charge in [0, 0.05) is 37.8 Å². The zero-order valence-corrected chi connectivity index (χ0v) is 18.6. The van der Waals surface area contributed by atoms with Crippen molar-refractivity contribution in [2.45, 2.75) is 50.5 Å². The molecular weight excluding hydrogens is 408 g/mol. The first-order chi connectivity index (χ1) is 15.7.